The van der Waals surface area contributed by atoms with Crippen molar-refractivity contribution in [2.45, 2.75) is 32.4 Å². The number of carbonyl (C=O) groups excluding carboxylic acids is 1. The fourth-order valence-electron chi connectivity index (χ4n) is 2.35. The molecule has 24 heavy (non-hydrogen) atoms. The van der Waals surface area contributed by atoms with Crippen LogP contribution in [0.1, 0.15) is 44.8 Å². The van der Waals surface area contributed by atoms with Crippen LogP contribution in [0.25, 0.3) is 0 Å². The molecule has 0 saturated heterocycles. The molecule has 2 aromatic rings. The van der Waals surface area contributed by atoms with Crippen molar-refractivity contribution in [3.05, 3.63) is 51.5 Å². The fraction of sp³-hybridized carbons (Fsp3) is 0.353. The number of aromatic nitrogens is 1. The number of thiazole rings is 1. The second kappa shape index (κ2) is 8.56. The van der Waals surface area contributed by atoms with E-state index in [0.717, 1.165) is 10.6 Å². The Morgan fingerprint density at radius 3 is 2.67 bits per heavy atom. The van der Waals surface area contributed by atoms with E-state index < -0.39 is 5.97 Å². The van der Waals surface area contributed by atoms with Crippen molar-refractivity contribution < 1.29 is 19.4 Å². The first kappa shape index (κ1) is 18.1. The van der Waals surface area contributed by atoms with Gasteiger partial charge in [0.2, 0.25) is 0 Å². The van der Waals surface area contributed by atoms with E-state index in [0.29, 0.717) is 23.6 Å². The molecule has 0 aliphatic heterocycles. The third-order valence-corrected chi connectivity index (χ3v) is 4.60. The Labute approximate surface area is 144 Å². The quantitative estimate of drug-likeness (QED) is 0.766. The van der Waals surface area contributed by atoms with Gasteiger partial charge in [-0.1, -0.05) is 30.3 Å². The number of rotatable bonds is 8. The molecule has 0 aliphatic rings. The van der Waals surface area contributed by atoms with Crippen LogP contribution in [0.3, 0.4) is 0 Å². The lowest BCUT2D eigenvalue weighted by Crippen LogP contribution is -2.29. The second-order valence-corrected chi connectivity index (χ2v) is 6.41. The van der Waals surface area contributed by atoms with Crippen molar-refractivity contribution in [2.75, 3.05) is 7.11 Å². The minimum Gasteiger partial charge on any atom is -0.481 e. The topological polar surface area (TPSA) is 88.5 Å². The molecule has 1 heterocycles. The number of amides is 1. The molecule has 1 amide bonds. The standard InChI is InChI=1S/C17H20N2O4S/c1-11-16(24-14(18-11)10-23-2)17(22)19-13(8-9-15(20)21)12-6-4-3-5-7-12/h3-7,13H,8-10H2,1-2H3,(H,19,22)(H,20,21). The monoisotopic (exact) mass is 348 g/mol. The highest BCUT2D eigenvalue weighted by molar-refractivity contribution is 7.13. The minimum absolute atomic E-state index is 0.0174. The van der Waals surface area contributed by atoms with Gasteiger partial charge in [-0.2, -0.15) is 0 Å². The summed E-state index contributed by atoms with van der Waals surface area (Å²) in [5.74, 6) is -1.13. The number of aliphatic carboxylic acids is 1. The summed E-state index contributed by atoms with van der Waals surface area (Å²) in [5, 5.41) is 12.6. The summed E-state index contributed by atoms with van der Waals surface area (Å²) in [6.45, 7) is 2.14. The molecule has 0 bridgehead atoms. The van der Waals surface area contributed by atoms with Crippen LogP contribution in [0, 0.1) is 6.92 Å². The number of nitrogens with one attached hydrogen (secondary N) is 1. The average Bonchev–Trinajstić information content (AvgIpc) is 2.93. The highest BCUT2D eigenvalue weighted by atomic mass is 32.1. The Bertz CT molecular complexity index is 700. The number of ether oxygens (including phenoxy) is 1. The number of hydrogen-bond acceptors (Lipinski definition) is 5. The van der Waals surface area contributed by atoms with Gasteiger partial charge in [0.1, 0.15) is 9.88 Å². The van der Waals surface area contributed by atoms with E-state index >= 15 is 0 Å². The summed E-state index contributed by atoms with van der Waals surface area (Å²) in [5.41, 5.74) is 1.53. The third kappa shape index (κ3) is 4.87. The van der Waals surface area contributed by atoms with Crippen LogP contribution in [0.2, 0.25) is 0 Å². The molecule has 2 rings (SSSR count). The molecule has 0 spiro atoms. The summed E-state index contributed by atoms with van der Waals surface area (Å²) in [6, 6.07) is 9.01. The zero-order chi connectivity index (χ0) is 17.5. The predicted molar refractivity (Wildman–Crippen MR) is 91.1 cm³/mol. The van der Waals surface area contributed by atoms with Crippen LogP contribution in [-0.2, 0) is 16.1 Å². The number of carbonyl (C=O) groups is 2. The largest absolute Gasteiger partial charge is 0.481 e. The maximum absolute atomic E-state index is 12.6. The first-order chi connectivity index (χ1) is 11.5. The summed E-state index contributed by atoms with van der Waals surface area (Å²) in [4.78, 5) is 28.3. The zero-order valence-electron chi connectivity index (χ0n) is 13.6. The van der Waals surface area contributed by atoms with Gasteiger partial charge in [0.25, 0.3) is 5.91 Å². The van der Waals surface area contributed by atoms with E-state index in [-0.39, 0.29) is 18.4 Å². The summed E-state index contributed by atoms with van der Waals surface area (Å²) < 4.78 is 5.04. The van der Waals surface area contributed by atoms with Crippen molar-refractivity contribution >= 4 is 23.2 Å². The number of methoxy groups -OCH3 is 1. The van der Waals surface area contributed by atoms with Crippen LogP contribution in [0.4, 0.5) is 0 Å². The van der Waals surface area contributed by atoms with Gasteiger partial charge < -0.3 is 15.2 Å². The SMILES string of the molecule is COCc1nc(C)c(C(=O)NC(CCC(=O)O)c2ccccc2)s1. The lowest BCUT2D eigenvalue weighted by atomic mass is 10.0. The van der Waals surface area contributed by atoms with Crippen molar-refractivity contribution in [2.24, 2.45) is 0 Å². The second-order valence-electron chi connectivity index (χ2n) is 5.32. The highest BCUT2D eigenvalue weighted by Gasteiger charge is 2.20. The van der Waals surface area contributed by atoms with Crippen molar-refractivity contribution in [3.8, 4) is 0 Å². The molecule has 0 radical (unpaired) electrons. The van der Waals surface area contributed by atoms with E-state index in [1.165, 1.54) is 11.3 Å². The number of carboxylic acids is 1. The van der Waals surface area contributed by atoms with Gasteiger partial charge in [0.05, 0.1) is 18.3 Å². The molecule has 0 fully saturated rings. The van der Waals surface area contributed by atoms with E-state index in [9.17, 15) is 9.59 Å². The maximum Gasteiger partial charge on any atom is 0.303 e. The Balaban J connectivity index is 2.16. The molecular formula is C17H20N2O4S. The number of aryl methyl sites for hydroxylation is 1. The molecule has 1 unspecified atom stereocenters. The molecule has 0 saturated carbocycles. The molecule has 7 heteroatoms. The molecule has 0 aliphatic carbocycles. The summed E-state index contributed by atoms with van der Waals surface area (Å²) >= 11 is 1.29. The lowest BCUT2D eigenvalue weighted by Gasteiger charge is -2.18. The minimum atomic E-state index is -0.887. The molecule has 128 valence electrons. The first-order valence-electron chi connectivity index (χ1n) is 7.54. The van der Waals surface area contributed by atoms with Crippen LogP contribution in [0.5, 0.6) is 0 Å². The van der Waals surface area contributed by atoms with Crippen LogP contribution < -0.4 is 5.32 Å². The number of hydrogen-bond donors (Lipinski definition) is 2. The van der Waals surface area contributed by atoms with Gasteiger partial charge in [0.15, 0.2) is 0 Å². The number of carboxylic acid groups (broad SMARTS) is 1. The van der Waals surface area contributed by atoms with E-state index in [1.54, 1.807) is 14.0 Å². The normalized spacial score (nSPS) is 11.9. The van der Waals surface area contributed by atoms with E-state index in [1.807, 2.05) is 30.3 Å². The Kier molecular flexibility index (Phi) is 6.45. The Morgan fingerprint density at radius 1 is 1.33 bits per heavy atom. The summed E-state index contributed by atoms with van der Waals surface area (Å²) in [7, 11) is 1.58. The zero-order valence-corrected chi connectivity index (χ0v) is 14.4. The van der Waals surface area contributed by atoms with Crippen molar-refractivity contribution in [1.29, 1.82) is 0 Å². The number of nitrogens with zero attached hydrogens (tertiary/aromatic N) is 1. The third-order valence-electron chi connectivity index (χ3n) is 3.47. The van der Waals surface area contributed by atoms with E-state index in [2.05, 4.69) is 10.3 Å². The van der Waals surface area contributed by atoms with Gasteiger partial charge in [-0.15, -0.1) is 11.3 Å². The van der Waals surface area contributed by atoms with Crippen molar-refractivity contribution in [3.63, 3.8) is 0 Å². The maximum atomic E-state index is 12.6. The molecule has 1 aromatic heterocycles. The molecule has 1 atom stereocenters. The predicted octanol–water partition coefficient (Wildman–Crippen LogP) is 2.93. The van der Waals surface area contributed by atoms with Gasteiger partial charge >= 0.3 is 5.97 Å². The Hall–Kier alpha value is -2.25. The van der Waals surface area contributed by atoms with E-state index in [4.69, 9.17) is 9.84 Å². The van der Waals surface area contributed by atoms with Gasteiger partial charge in [-0.25, -0.2) is 4.98 Å². The molecule has 2 N–H and O–H groups in total. The molecular weight excluding hydrogens is 328 g/mol. The highest BCUT2D eigenvalue weighted by Crippen LogP contribution is 2.23. The first-order valence-corrected chi connectivity index (χ1v) is 8.35. The fourth-order valence-corrected chi connectivity index (χ4v) is 3.29. The summed E-state index contributed by atoms with van der Waals surface area (Å²) in [6.07, 6.45) is 0.310. The van der Waals surface area contributed by atoms with Gasteiger partial charge in [0, 0.05) is 13.5 Å². The average molecular weight is 348 g/mol. The number of benzene rings is 1. The van der Waals surface area contributed by atoms with Crippen LogP contribution in [0.15, 0.2) is 30.3 Å². The van der Waals surface area contributed by atoms with Crippen LogP contribution >= 0.6 is 11.3 Å². The van der Waals surface area contributed by atoms with Gasteiger partial charge in [-0.3, -0.25) is 9.59 Å². The van der Waals surface area contributed by atoms with Crippen LogP contribution in [-0.4, -0.2) is 29.1 Å². The Morgan fingerprint density at radius 2 is 2.04 bits per heavy atom. The molecule has 1 aromatic carbocycles. The smallest absolute Gasteiger partial charge is 0.303 e. The molecule has 6 nitrogen and oxygen atoms in total. The van der Waals surface area contributed by atoms with Gasteiger partial charge in [-0.05, 0) is 18.9 Å². The lowest BCUT2D eigenvalue weighted by molar-refractivity contribution is -0.137. The van der Waals surface area contributed by atoms with Crippen molar-refractivity contribution in [1.82, 2.24) is 10.3 Å².